The van der Waals surface area contributed by atoms with E-state index in [1.165, 1.54) is 4.90 Å². The van der Waals surface area contributed by atoms with Crippen LogP contribution in [0, 0.1) is 0 Å². The van der Waals surface area contributed by atoms with Crippen LogP contribution in [0.25, 0.3) is 0 Å². The molecule has 0 heterocycles. The average molecular weight is 256 g/mol. The zero-order valence-corrected chi connectivity index (χ0v) is 10.9. The van der Waals surface area contributed by atoms with Gasteiger partial charge in [0.2, 0.25) is 0 Å². The summed E-state index contributed by atoms with van der Waals surface area (Å²) < 4.78 is 0. The Kier molecular flexibility index (Phi) is 6.42. The molecule has 0 spiro atoms. The minimum absolute atomic E-state index is 0.203. The first kappa shape index (κ1) is 13.5. The van der Waals surface area contributed by atoms with Crippen LogP contribution in [0.15, 0.2) is 35.2 Å². The van der Waals surface area contributed by atoms with Crippen molar-refractivity contribution >= 4 is 29.5 Å². The van der Waals surface area contributed by atoms with E-state index in [-0.39, 0.29) is 11.7 Å². The summed E-state index contributed by atoms with van der Waals surface area (Å²) in [6.07, 6.45) is 0.251. The normalized spacial score (nSPS) is 12.3. The Labute approximate surface area is 105 Å². The van der Waals surface area contributed by atoms with Crippen molar-refractivity contribution in [2.75, 3.05) is 11.5 Å². The molecular formula is C12H16O2S2. The molecule has 4 heteroatoms. The lowest BCUT2D eigenvalue weighted by molar-refractivity contribution is -0.136. The molecule has 0 aliphatic carbocycles. The number of thioether (sulfide) groups is 2. The fourth-order valence-electron chi connectivity index (χ4n) is 1.23. The quantitative estimate of drug-likeness (QED) is 0.599. The first-order valence-corrected chi connectivity index (χ1v) is 7.23. The van der Waals surface area contributed by atoms with Crippen molar-refractivity contribution in [3.63, 3.8) is 0 Å². The average Bonchev–Trinajstić information content (AvgIpc) is 2.25. The van der Waals surface area contributed by atoms with Gasteiger partial charge < -0.3 is 5.11 Å². The molecule has 0 aliphatic heterocycles. The van der Waals surface area contributed by atoms with Crippen LogP contribution in [0.4, 0.5) is 0 Å². The Morgan fingerprint density at radius 2 is 2.00 bits per heavy atom. The van der Waals surface area contributed by atoms with Gasteiger partial charge in [-0.25, -0.2) is 0 Å². The number of hydrogen-bond donors (Lipinski definition) is 1. The molecule has 1 atom stereocenters. The van der Waals surface area contributed by atoms with E-state index < -0.39 is 5.97 Å². The third-order valence-corrected chi connectivity index (χ3v) is 4.41. The van der Waals surface area contributed by atoms with Crippen LogP contribution in [0.2, 0.25) is 0 Å². The predicted molar refractivity (Wildman–Crippen MR) is 71.3 cm³/mol. The molecule has 1 unspecified atom stereocenters. The minimum atomic E-state index is -0.712. The molecule has 1 aromatic carbocycles. The first-order chi connectivity index (χ1) is 7.68. The molecule has 0 aliphatic rings. The van der Waals surface area contributed by atoms with Crippen LogP contribution in [0.3, 0.4) is 0 Å². The van der Waals surface area contributed by atoms with Gasteiger partial charge in [-0.1, -0.05) is 25.1 Å². The summed E-state index contributed by atoms with van der Waals surface area (Å²) in [4.78, 5) is 11.7. The monoisotopic (exact) mass is 256 g/mol. The third-order valence-electron chi connectivity index (χ3n) is 1.96. The van der Waals surface area contributed by atoms with Gasteiger partial charge in [-0.3, -0.25) is 4.79 Å². The van der Waals surface area contributed by atoms with E-state index in [2.05, 4.69) is 12.1 Å². The standard InChI is InChI=1S/C12H16O2S2/c1-10(9-12(13)14)15-7-8-16-11-5-3-2-4-6-11/h2-6,10H,7-9H2,1H3,(H,13,14). The van der Waals surface area contributed by atoms with Gasteiger partial charge >= 0.3 is 5.97 Å². The van der Waals surface area contributed by atoms with Crippen LogP contribution in [0.5, 0.6) is 0 Å². The van der Waals surface area contributed by atoms with Crippen molar-refractivity contribution < 1.29 is 9.90 Å². The highest BCUT2D eigenvalue weighted by Gasteiger charge is 2.07. The molecule has 0 aromatic heterocycles. The van der Waals surface area contributed by atoms with Crippen molar-refractivity contribution in [1.29, 1.82) is 0 Å². The van der Waals surface area contributed by atoms with Crippen LogP contribution in [-0.2, 0) is 4.79 Å². The van der Waals surface area contributed by atoms with Gasteiger partial charge in [0.05, 0.1) is 6.42 Å². The fourth-order valence-corrected chi connectivity index (χ4v) is 3.20. The van der Waals surface area contributed by atoms with Gasteiger partial charge in [0.25, 0.3) is 0 Å². The molecule has 2 nitrogen and oxygen atoms in total. The summed E-state index contributed by atoms with van der Waals surface area (Å²) in [5.74, 6) is 1.31. The SMILES string of the molecule is CC(CC(=O)O)SCCSc1ccccc1. The highest BCUT2D eigenvalue weighted by molar-refractivity contribution is 8.03. The number of carbonyl (C=O) groups is 1. The highest BCUT2D eigenvalue weighted by Crippen LogP contribution is 2.21. The molecule has 0 bridgehead atoms. The van der Waals surface area contributed by atoms with Crippen LogP contribution in [-0.4, -0.2) is 27.8 Å². The summed E-state index contributed by atoms with van der Waals surface area (Å²) in [5, 5.41) is 8.80. The van der Waals surface area contributed by atoms with E-state index in [0.29, 0.717) is 0 Å². The lowest BCUT2D eigenvalue weighted by atomic mass is 10.3. The van der Waals surface area contributed by atoms with Gasteiger partial charge in [0.1, 0.15) is 0 Å². The topological polar surface area (TPSA) is 37.3 Å². The van der Waals surface area contributed by atoms with Gasteiger partial charge in [-0.15, -0.1) is 11.8 Å². The Hall–Kier alpha value is -0.610. The molecule has 0 amide bonds. The van der Waals surface area contributed by atoms with Crippen molar-refractivity contribution in [2.45, 2.75) is 23.5 Å². The van der Waals surface area contributed by atoms with Crippen molar-refractivity contribution in [1.82, 2.24) is 0 Å². The van der Waals surface area contributed by atoms with Crippen LogP contribution >= 0.6 is 23.5 Å². The highest BCUT2D eigenvalue weighted by atomic mass is 32.2. The maximum Gasteiger partial charge on any atom is 0.304 e. The Morgan fingerprint density at radius 3 is 2.62 bits per heavy atom. The van der Waals surface area contributed by atoms with E-state index in [1.54, 1.807) is 11.8 Å². The lowest BCUT2D eigenvalue weighted by Gasteiger charge is -2.07. The summed E-state index contributed by atoms with van der Waals surface area (Å²) in [5.41, 5.74) is 0. The maximum absolute atomic E-state index is 10.4. The van der Waals surface area contributed by atoms with Crippen LogP contribution < -0.4 is 0 Å². The predicted octanol–water partition coefficient (Wildman–Crippen LogP) is 3.38. The van der Waals surface area contributed by atoms with Gasteiger partial charge in [0.15, 0.2) is 0 Å². The molecule has 16 heavy (non-hydrogen) atoms. The Morgan fingerprint density at radius 1 is 1.31 bits per heavy atom. The smallest absolute Gasteiger partial charge is 0.304 e. The van der Waals surface area contributed by atoms with Crippen molar-refractivity contribution in [3.8, 4) is 0 Å². The third kappa shape index (κ3) is 6.08. The number of benzene rings is 1. The second-order valence-electron chi connectivity index (χ2n) is 3.44. The van der Waals surface area contributed by atoms with Gasteiger partial charge in [0, 0.05) is 21.7 Å². The molecular weight excluding hydrogens is 240 g/mol. The van der Waals surface area contributed by atoms with Crippen molar-refractivity contribution in [2.24, 2.45) is 0 Å². The molecule has 1 aromatic rings. The van der Waals surface area contributed by atoms with Gasteiger partial charge in [-0.05, 0) is 12.1 Å². The summed E-state index contributed by atoms with van der Waals surface area (Å²) in [7, 11) is 0. The summed E-state index contributed by atoms with van der Waals surface area (Å²) in [6.45, 7) is 1.96. The maximum atomic E-state index is 10.4. The van der Waals surface area contributed by atoms with Crippen molar-refractivity contribution in [3.05, 3.63) is 30.3 Å². The number of carboxylic acids is 1. The number of hydrogen-bond acceptors (Lipinski definition) is 3. The molecule has 0 saturated heterocycles. The van der Waals surface area contributed by atoms with Gasteiger partial charge in [-0.2, -0.15) is 11.8 Å². The Balaban J connectivity index is 2.10. The molecule has 0 fully saturated rings. The second-order valence-corrected chi connectivity index (χ2v) is 6.16. The Bertz CT molecular complexity index is 314. The fraction of sp³-hybridized carbons (Fsp3) is 0.417. The molecule has 0 saturated carbocycles. The zero-order chi connectivity index (χ0) is 11.8. The van der Waals surface area contributed by atoms with E-state index in [9.17, 15) is 4.79 Å². The number of aliphatic carboxylic acids is 1. The summed E-state index contributed by atoms with van der Waals surface area (Å²) >= 11 is 3.54. The lowest BCUT2D eigenvalue weighted by Crippen LogP contribution is -2.06. The van der Waals surface area contributed by atoms with E-state index in [1.807, 2.05) is 36.9 Å². The molecule has 0 radical (unpaired) electrons. The van der Waals surface area contributed by atoms with E-state index >= 15 is 0 Å². The summed E-state index contributed by atoms with van der Waals surface area (Å²) in [6, 6.07) is 10.3. The number of rotatable bonds is 7. The molecule has 1 N–H and O–H groups in total. The largest absolute Gasteiger partial charge is 0.481 e. The minimum Gasteiger partial charge on any atom is -0.481 e. The second kappa shape index (κ2) is 7.63. The molecule has 1 rings (SSSR count). The zero-order valence-electron chi connectivity index (χ0n) is 9.26. The van der Waals surface area contributed by atoms with E-state index in [0.717, 1.165) is 11.5 Å². The van der Waals surface area contributed by atoms with Crippen LogP contribution in [0.1, 0.15) is 13.3 Å². The first-order valence-electron chi connectivity index (χ1n) is 5.19. The number of carboxylic acid groups (broad SMARTS) is 1. The molecule has 88 valence electrons. The van der Waals surface area contributed by atoms with E-state index in [4.69, 9.17) is 5.11 Å².